The second kappa shape index (κ2) is 5.30. The SMILES string of the molecule is Cc1ccc(N(C)c2c(F)cc(C#N)cc2F)c(C)c1. The van der Waals surface area contributed by atoms with Crippen molar-refractivity contribution >= 4 is 11.4 Å². The smallest absolute Gasteiger partial charge is 0.151 e. The average Bonchev–Trinajstić information content (AvgIpc) is 2.37. The van der Waals surface area contributed by atoms with Gasteiger partial charge in [0.2, 0.25) is 0 Å². The maximum Gasteiger partial charge on any atom is 0.151 e. The number of aryl methyl sites for hydroxylation is 2. The highest BCUT2D eigenvalue weighted by atomic mass is 19.1. The van der Waals surface area contributed by atoms with E-state index in [0.29, 0.717) is 0 Å². The number of anilines is 2. The van der Waals surface area contributed by atoms with E-state index >= 15 is 0 Å². The molecule has 0 atom stereocenters. The van der Waals surface area contributed by atoms with Gasteiger partial charge in [0.15, 0.2) is 11.6 Å². The van der Waals surface area contributed by atoms with E-state index in [4.69, 9.17) is 5.26 Å². The summed E-state index contributed by atoms with van der Waals surface area (Å²) in [6, 6.07) is 9.47. The number of nitrogens with zero attached hydrogens (tertiary/aromatic N) is 2. The van der Waals surface area contributed by atoms with Gasteiger partial charge in [0.05, 0.1) is 11.6 Å². The van der Waals surface area contributed by atoms with E-state index in [2.05, 4.69) is 0 Å². The highest BCUT2D eigenvalue weighted by Crippen LogP contribution is 2.32. The van der Waals surface area contributed by atoms with Crippen LogP contribution in [0.4, 0.5) is 20.2 Å². The van der Waals surface area contributed by atoms with E-state index < -0.39 is 11.6 Å². The van der Waals surface area contributed by atoms with Crippen LogP contribution in [-0.4, -0.2) is 7.05 Å². The molecular formula is C16H14F2N2. The van der Waals surface area contributed by atoms with Crippen molar-refractivity contribution < 1.29 is 8.78 Å². The van der Waals surface area contributed by atoms with Gasteiger partial charge in [-0.15, -0.1) is 0 Å². The molecule has 102 valence electrons. The summed E-state index contributed by atoms with van der Waals surface area (Å²) in [6.07, 6.45) is 0. The molecule has 0 fully saturated rings. The average molecular weight is 272 g/mol. The van der Waals surface area contributed by atoms with Crippen LogP contribution in [0.1, 0.15) is 16.7 Å². The third-order valence-corrected chi connectivity index (χ3v) is 3.20. The maximum absolute atomic E-state index is 14.0. The molecule has 2 aromatic rings. The third kappa shape index (κ3) is 2.48. The molecule has 20 heavy (non-hydrogen) atoms. The van der Waals surface area contributed by atoms with E-state index in [9.17, 15) is 8.78 Å². The lowest BCUT2D eigenvalue weighted by Crippen LogP contribution is -2.14. The van der Waals surface area contributed by atoms with Crippen LogP contribution in [0.2, 0.25) is 0 Å². The number of halogens is 2. The largest absolute Gasteiger partial charge is 0.340 e. The van der Waals surface area contributed by atoms with Gasteiger partial charge in [-0.05, 0) is 37.6 Å². The van der Waals surface area contributed by atoms with Crippen molar-refractivity contribution in [3.05, 3.63) is 58.7 Å². The van der Waals surface area contributed by atoms with Gasteiger partial charge in [-0.1, -0.05) is 17.7 Å². The first-order valence-electron chi connectivity index (χ1n) is 6.14. The molecule has 0 bridgehead atoms. The second-order valence-corrected chi connectivity index (χ2v) is 4.75. The predicted molar refractivity (Wildman–Crippen MR) is 75.1 cm³/mol. The number of benzene rings is 2. The first-order valence-corrected chi connectivity index (χ1v) is 6.14. The van der Waals surface area contributed by atoms with Gasteiger partial charge in [-0.2, -0.15) is 5.26 Å². The Morgan fingerprint density at radius 2 is 1.65 bits per heavy atom. The van der Waals surface area contributed by atoms with E-state index in [-0.39, 0.29) is 11.3 Å². The zero-order valence-corrected chi connectivity index (χ0v) is 11.5. The molecule has 0 aromatic heterocycles. The van der Waals surface area contributed by atoms with Gasteiger partial charge in [0.1, 0.15) is 5.69 Å². The molecule has 0 saturated heterocycles. The van der Waals surface area contributed by atoms with E-state index in [1.807, 2.05) is 32.0 Å². The van der Waals surface area contributed by atoms with Gasteiger partial charge in [-0.3, -0.25) is 0 Å². The molecule has 2 nitrogen and oxygen atoms in total. The fourth-order valence-electron chi connectivity index (χ4n) is 2.25. The standard InChI is InChI=1S/C16H14F2N2/c1-10-4-5-15(11(2)6-10)20(3)16-13(17)7-12(9-19)8-14(16)18/h4-8H,1-3H3. The minimum Gasteiger partial charge on any atom is -0.340 e. The Hall–Kier alpha value is -2.41. The molecule has 0 spiro atoms. The normalized spacial score (nSPS) is 10.2. The molecular weight excluding hydrogens is 258 g/mol. The van der Waals surface area contributed by atoms with Crippen LogP contribution in [0.15, 0.2) is 30.3 Å². The van der Waals surface area contributed by atoms with Crippen molar-refractivity contribution in [1.82, 2.24) is 0 Å². The molecule has 0 aliphatic rings. The highest BCUT2D eigenvalue weighted by Gasteiger charge is 2.17. The highest BCUT2D eigenvalue weighted by molar-refractivity contribution is 5.67. The summed E-state index contributed by atoms with van der Waals surface area (Å²) in [6.45, 7) is 3.85. The zero-order chi connectivity index (χ0) is 14.9. The summed E-state index contributed by atoms with van der Waals surface area (Å²) < 4.78 is 28.0. The molecule has 0 amide bonds. The van der Waals surface area contributed by atoms with Gasteiger partial charge >= 0.3 is 0 Å². The fourth-order valence-corrected chi connectivity index (χ4v) is 2.25. The van der Waals surface area contributed by atoms with Gasteiger partial charge in [0.25, 0.3) is 0 Å². The van der Waals surface area contributed by atoms with Crippen LogP contribution in [0.25, 0.3) is 0 Å². The molecule has 2 rings (SSSR count). The van der Waals surface area contributed by atoms with E-state index in [1.54, 1.807) is 13.1 Å². The third-order valence-electron chi connectivity index (χ3n) is 3.20. The van der Waals surface area contributed by atoms with Crippen LogP contribution in [0.3, 0.4) is 0 Å². The number of hydrogen-bond acceptors (Lipinski definition) is 2. The molecule has 0 unspecified atom stereocenters. The van der Waals surface area contributed by atoms with Crippen molar-refractivity contribution in [1.29, 1.82) is 5.26 Å². The van der Waals surface area contributed by atoms with Crippen LogP contribution in [0.5, 0.6) is 0 Å². The fraction of sp³-hybridized carbons (Fsp3) is 0.188. The molecule has 0 aliphatic carbocycles. The monoisotopic (exact) mass is 272 g/mol. The summed E-state index contributed by atoms with van der Waals surface area (Å²) >= 11 is 0. The molecule has 4 heteroatoms. The molecule has 2 aromatic carbocycles. The predicted octanol–water partition coefficient (Wildman–Crippen LogP) is 4.22. The molecule has 0 aliphatic heterocycles. The maximum atomic E-state index is 14.0. The molecule has 0 saturated carbocycles. The van der Waals surface area contributed by atoms with Crippen LogP contribution < -0.4 is 4.90 Å². The van der Waals surface area contributed by atoms with Crippen molar-refractivity contribution in [3.8, 4) is 6.07 Å². The first-order chi connectivity index (χ1) is 9.43. The quantitative estimate of drug-likeness (QED) is 0.818. The van der Waals surface area contributed by atoms with Crippen molar-refractivity contribution in [3.63, 3.8) is 0 Å². The van der Waals surface area contributed by atoms with Crippen LogP contribution in [0, 0.1) is 36.8 Å². The Morgan fingerprint density at radius 3 is 2.15 bits per heavy atom. The van der Waals surface area contributed by atoms with Crippen molar-refractivity contribution in [2.45, 2.75) is 13.8 Å². The van der Waals surface area contributed by atoms with Crippen molar-refractivity contribution in [2.24, 2.45) is 0 Å². The topological polar surface area (TPSA) is 27.0 Å². The summed E-state index contributed by atoms with van der Waals surface area (Å²) in [4.78, 5) is 1.46. The number of hydrogen-bond donors (Lipinski definition) is 0. The van der Waals surface area contributed by atoms with E-state index in [1.165, 1.54) is 4.90 Å². The minimum absolute atomic E-state index is 0.0298. The molecule has 0 N–H and O–H groups in total. The van der Waals surface area contributed by atoms with E-state index in [0.717, 1.165) is 28.9 Å². The van der Waals surface area contributed by atoms with Gasteiger partial charge in [-0.25, -0.2) is 8.78 Å². The van der Waals surface area contributed by atoms with Gasteiger partial charge < -0.3 is 4.90 Å². The number of rotatable bonds is 2. The van der Waals surface area contributed by atoms with Crippen molar-refractivity contribution in [2.75, 3.05) is 11.9 Å². The van der Waals surface area contributed by atoms with Gasteiger partial charge in [0, 0.05) is 12.7 Å². The Balaban J connectivity index is 2.54. The lowest BCUT2D eigenvalue weighted by molar-refractivity contribution is 0.583. The zero-order valence-electron chi connectivity index (χ0n) is 11.5. The summed E-state index contributed by atoms with van der Waals surface area (Å²) in [5.41, 5.74) is 2.54. The molecule has 0 radical (unpaired) electrons. The Bertz CT molecular complexity index is 679. The lowest BCUT2D eigenvalue weighted by atomic mass is 10.1. The van der Waals surface area contributed by atoms with Crippen LogP contribution in [-0.2, 0) is 0 Å². The van der Waals surface area contributed by atoms with Crippen LogP contribution >= 0.6 is 0 Å². The number of nitriles is 1. The lowest BCUT2D eigenvalue weighted by Gasteiger charge is -2.23. The summed E-state index contributed by atoms with van der Waals surface area (Å²) in [7, 11) is 1.60. The molecule has 0 heterocycles. The second-order valence-electron chi connectivity index (χ2n) is 4.75. The Labute approximate surface area is 116 Å². The first kappa shape index (κ1) is 14.0. The Kier molecular flexibility index (Phi) is 3.71. The summed E-state index contributed by atoms with van der Waals surface area (Å²) in [5, 5.41) is 8.71. The Morgan fingerprint density at radius 1 is 1.05 bits per heavy atom. The minimum atomic E-state index is -0.746. The summed E-state index contributed by atoms with van der Waals surface area (Å²) in [5.74, 6) is -1.49.